The number of amides is 1. The lowest BCUT2D eigenvalue weighted by atomic mass is 10.0. The third-order valence-corrected chi connectivity index (χ3v) is 5.63. The summed E-state index contributed by atoms with van der Waals surface area (Å²) < 4.78 is 41.2. The van der Waals surface area contributed by atoms with Crippen LogP contribution in [0.15, 0.2) is 42.6 Å². The first-order valence-corrected chi connectivity index (χ1v) is 11.0. The van der Waals surface area contributed by atoms with E-state index >= 15 is 0 Å². The van der Waals surface area contributed by atoms with Crippen LogP contribution >= 0.6 is 0 Å². The molecule has 1 aliphatic rings. The van der Waals surface area contributed by atoms with Gasteiger partial charge in [-0.05, 0) is 74.7 Å². The highest BCUT2D eigenvalue weighted by Gasteiger charge is 2.34. The van der Waals surface area contributed by atoms with E-state index in [4.69, 9.17) is 5.73 Å². The van der Waals surface area contributed by atoms with Crippen molar-refractivity contribution in [2.75, 3.05) is 24.1 Å². The summed E-state index contributed by atoms with van der Waals surface area (Å²) in [7, 11) is 0. The van der Waals surface area contributed by atoms with E-state index in [9.17, 15) is 18.0 Å². The number of anilines is 2. The fourth-order valence-electron chi connectivity index (χ4n) is 3.77. The minimum absolute atomic E-state index is 0.0536. The number of nitrogens with one attached hydrogen (secondary N) is 1. The SMILES string of the molecule is Cc1ncc(C(=O)Nc2ccc(CN3CCCC3)c(C(F)(F)F)c2)cc1C#Cc1ccc(N)nn1. The molecule has 1 saturated heterocycles. The van der Waals surface area contributed by atoms with Crippen LogP contribution in [0.1, 0.15) is 51.3 Å². The van der Waals surface area contributed by atoms with E-state index in [1.165, 1.54) is 24.4 Å². The average Bonchev–Trinajstić information content (AvgIpc) is 3.33. The smallest absolute Gasteiger partial charge is 0.382 e. The molecule has 180 valence electrons. The fraction of sp³-hybridized carbons (Fsp3) is 0.280. The van der Waals surface area contributed by atoms with E-state index in [0.717, 1.165) is 32.0 Å². The van der Waals surface area contributed by atoms with Gasteiger partial charge in [0.1, 0.15) is 11.5 Å². The first-order chi connectivity index (χ1) is 16.7. The van der Waals surface area contributed by atoms with E-state index < -0.39 is 17.6 Å². The van der Waals surface area contributed by atoms with Gasteiger partial charge in [-0.1, -0.05) is 12.0 Å². The lowest BCUT2D eigenvalue weighted by Gasteiger charge is -2.20. The first kappa shape index (κ1) is 24.2. The van der Waals surface area contributed by atoms with Crippen molar-refractivity contribution in [3.05, 3.63) is 76.2 Å². The van der Waals surface area contributed by atoms with Gasteiger partial charge in [0.25, 0.3) is 5.91 Å². The van der Waals surface area contributed by atoms with E-state index in [0.29, 0.717) is 17.0 Å². The highest BCUT2D eigenvalue weighted by Crippen LogP contribution is 2.35. The Balaban J connectivity index is 1.54. The van der Waals surface area contributed by atoms with Crippen molar-refractivity contribution in [1.29, 1.82) is 0 Å². The monoisotopic (exact) mass is 480 g/mol. The molecule has 1 amide bonds. The van der Waals surface area contributed by atoms with Gasteiger partial charge in [-0.3, -0.25) is 14.7 Å². The second-order valence-corrected chi connectivity index (χ2v) is 8.26. The third-order valence-electron chi connectivity index (χ3n) is 5.63. The van der Waals surface area contributed by atoms with E-state index in [-0.39, 0.29) is 29.2 Å². The molecule has 3 heterocycles. The second-order valence-electron chi connectivity index (χ2n) is 8.26. The molecule has 1 aliphatic heterocycles. The zero-order valence-corrected chi connectivity index (χ0v) is 19.0. The summed E-state index contributed by atoms with van der Waals surface area (Å²) in [5.41, 5.74) is 6.63. The predicted molar refractivity (Wildman–Crippen MR) is 125 cm³/mol. The van der Waals surface area contributed by atoms with Crippen LogP contribution in [0, 0.1) is 18.8 Å². The lowest BCUT2D eigenvalue weighted by Crippen LogP contribution is -2.21. The number of carbonyl (C=O) groups excluding carboxylic acids is 1. The number of benzene rings is 1. The summed E-state index contributed by atoms with van der Waals surface area (Å²) in [4.78, 5) is 19.0. The number of rotatable bonds is 4. The molecule has 7 nitrogen and oxygen atoms in total. The Morgan fingerprint density at radius 1 is 1.11 bits per heavy atom. The van der Waals surface area contributed by atoms with Crippen LogP contribution in [0.25, 0.3) is 0 Å². The first-order valence-electron chi connectivity index (χ1n) is 11.0. The van der Waals surface area contributed by atoms with Crippen molar-refractivity contribution in [1.82, 2.24) is 20.1 Å². The van der Waals surface area contributed by atoms with Crippen molar-refractivity contribution in [2.24, 2.45) is 0 Å². The number of likely N-dealkylation sites (tertiary alicyclic amines) is 1. The van der Waals surface area contributed by atoms with Crippen molar-refractivity contribution in [2.45, 2.75) is 32.5 Å². The number of pyridine rings is 1. The second kappa shape index (κ2) is 10.1. The topological polar surface area (TPSA) is 97.0 Å². The lowest BCUT2D eigenvalue weighted by molar-refractivity contribution is -0.138. The van der Waals surface area contributed by atoms with Crippen LogP contribution in [0.4, 0.5) is 24.7 Å². The van der Waals surface area contributed by atoms with E-state index in [2.05, 4.69) is 32.3 Å². The minimum Gasteiger partial charge on any atom is -0.382 e. The highest BCUT2D eigenvalue weighted by atomic mass is 19.4. The maximum Gasteiger partial charge on any atom is 0.416 e. The van der Waals surface area contributed by atoms with Gasteiger partial charge in [0.15, 0.2) is 0 Å². The molecule has 1 aromatic carbocycles. The van der Waals surface area contributed by atoms with Gasteiger partial charge in [-0.2, -0.15) is 13.2 Å². The van der Waals surface area contributed by atoms with Crippen molar-refractivity contribution >= 4 is 17.4 Å². The average molecular weight is 480 g/mol. The van der Waals surface area contributed by atoms with Crippen LogP contribution < -0.4 is 11.1 Å². The Bertz CT molecular complexity index is 1290. The molecule has 0 aliphatic carbocycles. The molecular formula is C25H23F3N6O. The summed E-state index contributed by atoms with van der Waals surface area (Å²) in [5.74, 6) is 5.39. The van der Waals surface area contributed by atoms with Crippen LogP contribution in [0.2, 0.25) is 0 Å². The molecule has 1 fully saturated rings. The number of hydrogen-bond donors (Lipinski definition) is 2. The summed E-state index contributed by atoms with van der Waals surface area (Å²) >= 11 is 0. The maximum atomic E-state index is 13.7. The normalized spacial score (nSPS) is 13.8. The molecule has 35 heavy (non-hydrogen) atoms. The molecule has 10 heteroatoms. The number of aryl methyl sites for hydroxylation is 1. The third kappa shape index (κ3) is 6.13. The number of halogens is 3. The molecule has 0 spiro atoms. The maximum absolute atomic E-state index is 13.7. The molecule has 3 aromatic rings. The molecule has 0 unspecified atom stereocenters. The van der Waals surface area contributed by atoms with Gasteiger partial charge in [-0.15, -0.1) is 10.2 Å². The summed E-state index contributed by atoms with van der Waals surface area (Å²) in [5, 5.41) is 10.1. The summed E-state index contributed by atoms with van der Waals surface area (Å²) in [6, 6.07) is 8.60. The van der Waals surface area contributed by atoms with E-state index in [1.54, 1.807) is 19.1 Å². The quantitative estimate of drug-likeness (QED) is 0.548. The van der Waals surface area contributed by atoms with Crippen LogP contribution in [0.5, 0.6) is 0 Å². The molecule has 0 bridgehead atoms. The Labute approximate surface area is 200 Å². The van der Waals surface area contributed by atoms with Gasteiger partial charge in [-0.25, -0.2) is 0 Å². The highest BCUT2D eigenvalue weighted by molar-refractivity contribution is 6.04. The van der Waals surface area contributed by atoms with Crippen LogP contribution in [0.3, 0.4) is 0 Å². The van der Waals surface area contributed by atoms with E-state index in [1.807, 2.05) is 4.90 Å². The van der Waals surface area contributed by atoms with Gasteiger partial charge in [0.2, 0.25) is 0 Å². The number of alkyl halides is 3. The molecular weight excluding hydrogens is 457 g/mol. The number of nitrogen functional groups attached to an aromatic ring is 1. The molecule has 0 saturated carbocycles. The Kier molecular flexibility index (Phi) is 6.98. The van der Waals surface area contributed by atoms with Crippen molar-refractivity contribution in [3.8, 4) is 11.8 Å². The zero-order valence-electron chi connectivity index (χ0n) is 19.0. The van der Waals surface area contributed by atoms with Gasteiger partial charge in [0, 0.05) is 24.0 Å². The summed E-state index contributed by atoms with van der Waals surface area (Å²) in [6.45, 7) is 3.53. The molecule has 0 atom stereocenters. The van der Waals surface area contributed by atoms with Gasteiger partial charge in [0.05, 0.1) is 16.8 Å². The number of aromatic nitrogens is 3. The number of nitrogens with two attached hydrogens (primary N) is 1. The summed E-state index contributed by atoms with van der Waals surface area (Å²) in [6.07, 6.45) is -1.21. The molecule has 4 rings (SSSR count). The van der Waals surface area contributed by atoms with Gasteiger partial charge >= 0.3 is 6.18 Å². The van der Waals surface area contributed by atoms with Gasteiger partial charge < -0.3 is 11.1 Å². The predicted octanol–water partition coefficient (Wildman–Crippen LogP) is 4.03. The number of hydrogen-bond acceptors (Lipinski definition) is 6. The molecule has 0 radical (unpaired) electrons. The molecule has 3 N–H and O–H groups in total. The largest absolute Gasteiger partial charge is 0.416 e. The minimum atomic E-state index is -4.53. The Morgan fingerprint density at radius 3 is 2.57 bits per heavy atom. The zero-order chi connectivity index (χ0) is 25.0. The number of nitrogens with zero attached hydrogens (tertiary/aromatic N) is 4. The standard InChI is InChI=1S/C25H23F3N6O/c1-16-17(4-6-20-8-9-23(29)33-32-20)12-19(14-30-16)24(35)31-21-7-5-18(15-34-10-2-3-11-34)22(13-21)25(26,27)28/h5,7-9,12-14H,2-3,10-11,15H2,1H3,(H2,29,33)(H,31,35). The van der Waals surface area contributed by atoms with Crippen molar-refractivity contribution in [3.63, 3.8) is 0 Å². The Hall–Kier alpha value is -3.97. The van der Waals surface area contributed by atoms with Crippen molar-refractivity contribution < 1.29 is 18.0 Å². The van der Waals surface area contributed by atoms with Crippen LogP contribution in [-0.2, 0) is 12.7 Å². The Morgan fingerprint density at radius 2 is 1.89 bits per heavy atom. The van der Waals surface area contributed by atoms with Crippen LogP contribution in [-0.4, -0.2) is 39.1 Å². The fourth-order valence-corrected chi connectivity index (χ4v) is 3.77. The molecule has 2 aromatic heterocycles. The number of carbonyl (C=O) groups is 1.